The van der Waals surface area contributed by atoms with Gasteiger partial charge in [0, 0.05) is 57.4 Å². The Morgan fingerprint density at radius 3 is 1.79 bits per heavy atom. The van der Waals surface area contributed by atoms with E-state index in [1.54, 1.807) is 0 Å². The summed E-state index contributed by atoms with van der Waals surface area (Å²) in [6.07, 6.45) is 0. The van der Waals surface area contributed by atoms with E-state index in [1.807, 2.05) is 0 Å². The quantitative estimate of drug-likeness (QED) is 0.759. The van der Waals surface area contributed by atoms with Gasteiger partial charge in [-0.3, -0.25) is 14.7 Å². The molecule has 3 nitrogen and oxygen atoms in total. The first-order chi connectivity index (χ1) is 8.65. The lowest BCUT2D eigenvalue weighted by Gasteiger charge is -2.51. The van der Waals surface area contributed by atoms with Crippen molar-refractivity contribution in [1.82, 2.24) is 14.7 Å². The van der Waals surface area contributed by atoms with Crippen LogP contribution in [0.3, 0.4) is 0 Å². The van der Waals surface area contributed by atoms with Gasteiger partial charge < -0.3 is 0 Å². The third kappa shape index (κ3) is 4.17. The van der Waals surface area contributed by atoms with Crippen molar-refractivity contribution < 1.29 is 0 Å². The molecule has 0 aromatic carbocycles. The van der Waals surface area contributed by atoms with Crippen LogP contribution >= 0.6 is 0 Å². The fourth-order valence-electron chi connectivity index (χ4n) is 3.33. The number of likely N-dealkylation sites (tertiary alicyclic amines) is 1. The van der Waals surface area contributed by atoms with E-state index >= 15 is 0 Å². The van der Waals surface area contributed by atoms with Crippen molar-refractivity contribution in [3.63, 3.8) is 0 Å². The van der Waals surface area contributed by atoms with Crippen LogP contribution < -0.4 is 0 Å². The maximum atomic E-state index is 2.71. The van der Waals surface area contributed by atoms with Gasteiger partial charge >= 0.3 is 0 Å². The van der Waals surface area contributed by atoms with Crippen molar-refractivity contribution in [1.29, 1.82) is 0 Å². The van der Waals surface area contributed by atoms with Gasteiger partial charge in [-0.15, -0.1) is 0 Å². The highest BCUT2D eigenvalue weighted by Crippen LogP contribution is 2.24. The maximum absolute atomic E-state index is 2.71. The van der Waals surface area contributed by atoms with Crippen molar-refractivity contribution in [2.75, 3.05) is 45.8 Å². The van der Waals surface area contributed by atoms with Crippen molar-refractivity contribution >= 4 is 0 Å². The zero-order chi connectivity index (χ0) is 14.3. The average Bonchev–Trinajstić information content (AvgIpc) is 2.20. The predicted molar refractivity (Wildman–Crippen MR) is 82.6 cm³/mol. The van der Waals surface area contributed by atoms with E-state index in [4.69, 9.17) is 0 Å². The fourth-order valence-corrected chi connectivity index (χ4v) is 3.33. The third-order valence-electron chi connectivity index (χ3n) is 4.42. The first kappa shape index (κ1) is 15.3. The largest absolute Gasteiger partial charge is 0.300 e. The van der Waals surface area contributed by atoms with Crippen LogP contribution in [0.2, 0.25) is 0 Å². The van der Waals surface area contributed by atoms with Crippen LogP contribution in [-0.2, 0) is 0 Å². The smallest absolute Gasteiger partial charge is 0.0351 e. The van der Waals surface area contributed by atoms with E-state index in [-0.39, 0.29) is 0 Å². The second kappa shape index (κ2) is 5.34. The van der Waals surface area contributed by atoms with Gasteiger partial charge in [-0.05, 0) is 26.2 Å². The zero-order valence-electron chi connectivity index (χ0n) is 13.9. The van der Waals surface area contributed by atoms with Gasteiger partial charge in [0.1, 0.15) is 0 Å². The van der Waals surface area contributed by atoms with E-state index < -0.39 is 0 Å². The van der Waals surface area contributed by atoms with E-state index in [1.165, 1.54) is 45.8 Å². The fraction of sp³-hybridized carbons (Fsp3) is 1.00. The number of piperazine rings is 1. The zero-order valence-corrected chi connectivity index (χ0v) is 13.9. The van der Waals surface area contributed by atoms with Crippen LogP contribution in [0.25, 0.3) is 0 Å². The lowest BCUT2D eigenvalue weighted by molar-refractivity contribution is -0.0234. The topological polar surface area (TPSA) is 9.72 Å². The molecule has 2 rings (SSSR count). The monoisotopic (exact) mass is 267 g/mol. The van der Waals surface area contributed by atoms with Gasteiger partial charge in [-0.2, -0.15) is 0 Å². The lowest BCUT2D eigenvalue weighted by atomic mass is 9.93. The van der Waals surface area contributed by atoms with Crippen LogP contribution in [0.15, 0.2) is 0 Å². The minimum absolute atomic E-state index is 0.337. The SMILES string of the molecule is CC(C)(C)CN1CC(N2CCN(C(C)(C)C)CC2)C1. The second-order valence-electron chi connectivity index (χ2n) is 8.60. The molecule has 0 amide bonds. The Balaban J connectivity index is 1.70. The van der Waals surface area contributed by atoms with Crippen LogP contribution in [0.5, 0.6) is 0 Å². The van der Waals surface area contributed by atoms with E-state index in [2.05, 4.69) is 56.2 Å². The summed E-state index contributed by atoms with van der Waals surface area (Å²) in [6, 6.07) is 0.824. The van der Waals surface area contributed by atoms with Crippen LogP contribution in [0, 0.1) is 5.41 Å². The van der Waals surface area contributed by atoms with Crippen LogP contribution in [-0.4, -0.2) is 72.1 Å². The van der Waals surface area contributed by atoms with Gasteiger partial charge in [0.15, 0.2) is 0 Å². The van der Waals surface area contributed by atoms with Crippen LogP contribution in [0.4, 0.5) is 0 Å². The Morgan fingerprint density at radius 1 is 0.842 bits per heavy atom. The molecule has 0 unspecified atom stereocenters. The summed E-state index contributed by atoms with van der Waals surface area (Å²) >= 11 is 0. The Morgan fingerprint density at radius 2 is 1.37 bits per heavy atom. The van der Waals surface area contributed by atoms with E-state index in [9.17, 15) is 0 Å². The molecule has 0 aromatic heterocycles. The Kier molecular flexibility index (Phi) is 4.29. The molecule has 0 radical (unpaired) electrons. The summed E-state index contributed by atoms with van der Waals surface area (Å²) in [5.74, 6) is 0. The summed E-state index contributed by atoms with van der Waals surface area (Å²) in [5, 5.41) is 0. The number of hydrogen-bond acceptors (Lipinski definition) is 3. The highest BCUT2D eigenvalue weighted by Gasteiger charge is 2.36. The molecule has 0 atom stereocenters. The molecule has 2 aliphatic heterocycles. The molecule has 2 heterocycles. The molecule has 19 heavy (non-hydrogen) atoms. The molecule has 112 valence electrons. The van der Waals surface area contributed by atoms with Gasteiger partial charge in [-0.25, -0.2) is 0 Å². The van der Waals surface area contributed by atoms with Gasteiger partial charge in [0.25, 0.3) is 0 Å². The van der Waals surface area contributed by atoms with Crippen molar-refractivity contribution in [3.8, 4) is 0 Å². The first-order valence-corrected chi connectivity index (χ1v) is 7.87. The highest BCUT2D eigenvalue weighted by molar-refractivity contribution is 4.93. The Bertz CT molecular complexity index is 286. The molecule has 0 aromatic rings. The number of hydrogen-bond donors (Lipinski definition) is 0. The molecular formula is C16H33N3. The molecule has 3 heteroatoms. The minimum Gasteiger partial charge on any atom is -0.300 e. The first-order valence-electron chi connectivity index (χ1n) is 7.87. The normalized spacial score (nSPS) is 25.6. The van der Waals surface area contributed by atoms with Gasteiger partial charge in [0.2, 0.25) is 0 Å². The molecule has 2 saturated heterocycles. The molecule has 0 spiro atoms. The van der Waals surface area contributed by atoms with Crippen molar-refractivity contribution in [2.24, 2.45) is 5.41 Å². The van der Waals surface area contributed by atoms with Crippen molar-refractivity contribution in [2.45, 2.75) is 53.1 Å². The Hall–Kier alpha value is -0.120. The maximum Gasteiger partial charge on any atom is 0.0351 e. The summed E-state index contributed by atoms with van der Waals surface area (Å²) in [4.78, 5) is 7.94. The standard InChI is InChI=1S/C16H33N3/c1-15(2,3)13-17-11-14(12-17)18-7-9-19(10-8-18)16(4,5)6/h14H,7-13H2,1-6H3. The average molecular weight is 267 g/mol. The summed E-state index contributed by atoms with van der Waals surface area (Å²) < 4.78 is 0. The molecule has 0 aliphatic carbocycles. The third-order valence-corrected chi connectivity index (χ3v) is 4.42. The molecule has 2 aliphatic rings. The number of rotatable bonds is 2. The molecular weight excluding hydrogens is 234 g/mol. The molecule has 0 saturated carbocycles. The lowest BCUT2D eigenvalue weighted by Crippen LogP contribution is -2.65. The predicted octanol–water partition coefficient (Wildman–Crippen LogP) is 2.13. The van der Waals surface area contributed by atoms with Crippen LogP contribution in [0.1, 0.15) is 41.5 Å². The summed E-state index contributed by atoms with van der Waals surface area (Å²) in [6.45, 7) is 22.8. The molecule has 0 N–H and O–H groups in total. The molecule has 2 fully saturated rings. The Labute approximate surface area is 119 Å². The van der Waals surface area contributed by atoms with E-state index in [0.29, 0.717) is 11.0 Å². The highest BCUT2D eigenvalue weighted by atomic mass is 15.4. The van der Waals surface area contributed by atoms with Gasteiger partial charge in [0.05, 0.1) is 0 Å². The summed E-state index contributed by atoms with van der Waals surface area (Å²) in [7, 11) is 0. The second-order valence-corrected chi connectivity index (χ2v) is 8.60. The summed E-state index contributed by atoms with van der Waals surface area (Å²) in [5.41, 5.74) is 0.778. The van der Waals surface area contributed by atoms with Crippen molar-refractivity contribution in [3.05, 3.63) is 0 Å². The minimum atomic E-state index is 0.337. The van der Waals surface area contributed by atoms with E-state index in [0.717, 1.165) is 6.04 Å². The van der Waals surface area contributed by atoms with Gasteiger partial charge in [-0.1, -0.05) is 20.8 Å². The molecule has 0 bridgehead atoms. The number of nitrogens with zero attached hydrogens (tertiary/aromatic N) is 3.